The van der Waals surface area contributed by atoms with Crippen LogP contribution in [0.2, 0.25) is 0 Å². The number of carbonyl (C=O) groups is 1. The van der Waals surface area contributed by atoms with Crippen LogP contribution < -0.4 is 5.32 Å². The Labute approximate surface area is 145 Å². The zero-order valence-electron chi connectivity index (χ0n) is 13.9. The summed E-state index contributed by atoms with van der Waals surface area (Å²) in [6.45, 7) is 4.57. The van der Waals surface area contributed by atoms with E-state index >= 15 is 0 Å². The number of aliphatic imine (C=N–C) groups is 1. The maximum Gasteiger partial charge on any atom is 0.274 e. The summed E-state index contributed by atoms with van der Waals surface area (Å²) in [6, 6.07) is 9.58. The number of amides is 1. The number of benzene rings is 1. The van der Waals surface area contributed by atoms with Crippen molar-refractivity contribution >= 4 is 17.4 Å². The molecule has 0 bridgehead atoms. The fourth-order valence-electron chi connectivity index (χ4n) is 3.11. The van der Waals surface area contributed by atoms with Gasteiger partial charge in [-0.3, -0.25) is 9.79 Å². The molecule has 0 radical (unpaired) electrons. The maximum absolute atomic E-state index is 12.5. The van der Waals surface area contributed by atoms with Crippen molar-refractivity contribution in [2.24, 2.45) is 4.99 Å². The van der Waals surface area contributed by atoms with E-state index < -0.39 is 0 Å². The molecule has 0 unspecified atom stereocenters. The van der Waals surface area contributed by atoms with Gasteiger partial charge in [0.25, 0.3) is 5.91 Å². The number of carbonyl (C=O) groups excluding carboxylic acids is 1. The maximum atomic E-state index is 12.5. The number of hydrogen-bond donors (Lipinski definition) is 1. The van der Waals surface area contributed by atoms with E-state index in [2.05, 4.69) is 20.2 Å². The molecular formula is C19H17N5O. The molecule has 0 atom stereocenters. The van der Waals surface area contributed by atoms with Gasteiger partial charge in [0.05, 0.1) is 12.1 Å². The van der Waals surface area contributed by atoms with Crippen molar-refractivity contribution in [3.05, 3.63) is 58.4 Å². The molecule has 25 heavy (non-hydrogen) atoms. The van der Waals surface area contributed by atoms with Crippen molar-refractivity contribution < 1.29 is 4.79 Å². The highest BCUT2D eigenvalue weighted by molar-refractivity contribution is 6.06. The topological polar surface area (TPSA) is 81.4 Å². The Morgan fingerprint density at radius 3 is 2.84 bits per heavy atom. The summed E-state index contributed by atoms with van der Waals surface area (Å²) in [4.78, 5) is 23.5. The van der Waals surface area contributed by atoms with Gasteiger partial charge in [-0.1, -0.05) is 6.07 Å². The standard InChI is InChI=1S/C19H17N5O/c1-12-7-13(9-20)10-21-17(12)19(25)23-15-4-3-14-11-22-18(16(14)8-15)24-5-2-6-24/h3-4,7-8,10H,2,5-6,11H2,1H3,(H,23,25). The molecule has 2 aliphatic rings. The molecule has 124 valence electrons. The Balaban J connectivity index is 1.57. The van der Waals surface area contributed by atoms with Crippen LogP contribution in [0, 0.1) is 18.3 Å². The van der Waals surface area contributed by atoms with E-state index in [-0.39, 0.29) is 5.91 Å². The van der Waals surface area contributed by atoms with Crippen molar-refractivity contribution in [1.82, 2.24) is 9.88 Å². The van der Waals surface area contributed by atoms with Gasteiger partial charge in [0.1, 0.15) is 17.6 Å². The molecule has 1 amide bonds. The summed E-state index contributed by atoms with van der Waals surface area (Å²) in [5, 5.41) is 11.8. The average Bonchev–Trinajstić information content (AvgIpc) is 2.96. The summed E-state index contributed by atoms with van der Waals surface area (Å²) in [6.07, 6.45) is 2.62. The van der Waals surface area contributed by atoms with Crippen molar-refractivity contribution in [1.29, 1.82) is 5.26 Å². The van der Waals surface area contributed by atoms with Gasteiger partial charge >= 0.3 is 0 Å². The van der Waals surface area contributed by atoms with Crippen molar-refractivity contribution in [2.45, 2.75) is 19.9 Å². The number of amidine groups is 1. The number of aryl methyl sites for hydroxylation is 1. The molecular weight excluding hydrogens is 314 g/mol. The van der Waals surface area contributed by atoms with Crippen molar-refractivity contribution in [2.75, 3.05) is 18.4 Å². The number of nitriles is 1. The zero-order valence-corrected chi connectivity index (χ0v) is 13.9. The SMILES string of the molecule is Cc1cc(C#N)cnc1C(=O)Nc1ccc2c(c1)C(N1CCC1)=NC2. The van der Waals surface area contributed by atoms with Crippen LogP contribution >= 0.6 is 0 Å². The van der Waals surface area contributed by atoms with Gasteiger partial charge < -0.3 is 10.2 Å². The third kappa shape index (κ3) is 2.74. The van der Waals surface area contributed by atoms with Gasteiger partial charge in [-0.2, -0.15) is 5.26 Å². The predicted octanol–water partition coefficient (Wildman–Crippen LogP) is 2.48. The summed E-state index contributed by atoms with van der Waals surface area (Å²) in [5.74, 6) is 0.757. The number of pyridine rings is 1. The summed E-state index contributed by atoms with van der Waals surface area (Å²) >= 11 is 0. The van der Waals surface area contributed by atoms with E-state index in [0.29, 0.717) is 23.4 Å². The smallest absolute Gasteiger partial charge is 0.274 e. The predicted molar refractivity (Wildman–Crippen MR) is 94.5 cm³/mol. The van der Waals surface area contributed by atoms with E-state index in [4.69, 9.17) is 5.26 Å². The lowest BCUT2D eigenvalue weighted by atomic mass is 10.1. The van der Waals surface area contributed by atoms with Crippen LogP contribution in [0.5, 0.6) is 0 Å². The number of anilines is 1. The van der Waals surface area contributed by atoms with E-state index in [1.54, 1.807) is 13.0 Å². The summed E-state index contributed by atoms with van der Waals surface area (Å²) in [5.41, 5.74) is 4.47. The number of hydrogen-bond acceptors (Lipinski definition) is 5. The van der Waals surface area contributed by atoms with Crippen molar-refractivity contribution in [3.8, 4) is 6.07 Å². The van der Waals surface area contributed by atoms with Gasteiger partial charge in [0.15, 0.2) is 0 Å². The first-order valence-corrected chi connectivity index (χ1v) is 8.26. The number of rotatable bonds is 2. The summed E-state index contributed by atoms with van der Waals surface area (Å²) < 4.78 is 0. The summed E-state index contributed by atoms with van der Waals surface area (Å²) in [7, 11) is 0. The molecule has 0 spiro atoms. The van der Waals surface area contributed by atoms with E-state index in [9.17, 15) is 4.79 Å². The monoisotopic (exact) mass is 331 g/mol. The Hall–Kier alpha value is -3.20. The second-order valence-corrected chi connectivity index (χ2v) is 6.31. The molecule has 1 saturated heterocycles. The van der Waals surface area contributed by atoms with Crippen LogP contribution in [0.3, 0.4) is 0 Å². The lowest BCUT2D eigenvalue weighted by Gasteiger charge is -2.33. The van der Waals surface area contributed by atoms with Crippen molar-refractivity contribution in [3.63, 3.8) is 0 Å². The molecule has 0 aliphatic carbocycles. The van der Waals surface area contributed by atoms with Gasteiger partial charge in [0.2, 0.25) is 0 Å². The molecule has 6 nitrogen and oxygen atoms in total. The first-order chi connectivity index (χ1) is 12.2. The Morgan fingerprint density at radius 2 is 2.16 bits per heavy atom. The fraction of sp³-hybridized carbons (Fsp3) is 0.263. The highest BCUT2D eigenvalue weighted by atomic mass is 16.1. The minimum Gasteiger partial charge on any atom is -0.356 e. The molecule has 2 aliphatic heterocycles. The van der Waals surface area contributed by atoms with Gasteiger partial charge in [-0.15, -0.1) is 0 Å². The Morgan fingerprint density at radius 1 is 1.32 bits per heavy atom. The normalized spacial score (nSPS) is 15.0. The minimum absolute atomic E-state index is 0.276. The lowest BCUT2D eigenvalue weighted by molar-refractivity contribution is 0.102. The quantitative estimate of drug-likeness (QED) is 0.916. The second kappa shape index (κ2) is 6.02. The second-order valence-electron chi connectivity index (χ2n) is 6.31. The van der Waals surface area contributed by atoms with E-state index in [1.165, 1.54) is 18.2 Å². The average molecular weight is 331 g/mol. The van der Waals surface area contributed by atoms with Crippen LogP contribution in [0.1, 0.15) is 39.2 Å². The fourth-order valence-corrected chi connectivity index (χ4v) is 3.11. The first kappa shape index (κ1) is 15.3. The van der Waals surface area contributed by atoms with Crippen LogP contribution in [0.4, 0.5) is 5.69 Å². The van der Waals surface area contributed by atoms with Gasteiger partial charge in [0, 0.05) is 30.5 Å². The highest BCUT2D eigenvalue weighted by Crippen LogP contribution is 2.26. The zero-order chi connectivity index (χ0) is 17.4. The molecule has 3 heterocycles. The van der Waals surface area contributed by atoms with E-state index in [0.717, 1.165) is 30.2 Å². The molecule has 4 rings (SSSR count). The molecule has 0 saturated carbocycles. The highest BCUT2D eigenvalue weighted by Gasteiger charge is 2.25. The lowest BCUT2D eigenvalue weighted by Crippen LogP contribution is -2.42. The third-order valence-electron chi connectivity index (χ3n) is 4.59. The largest absolute Gasteiger partial charge is 0.356 e. The van der Waals surface area contributed by atoms with Gasteiger partial charge in [-0.25, -0.2) is 4.98 Å². The molecule has 1 fully saturated rings. The minimum atomic E-state index is -0.276. The number of aromatic nitrogens is 1. The number of nitrogens with one attached hydrogen (secondary N) is 1. The molecule has 1 aromatic carbocycles. The number of nitrogens with zero attached hydrogens (tertiary/aromatic N) is 4. The number of fused-ring (bicyclic) bond motifs is 1. The van der Waals surface area contributed by atoms with Crippen LogP contribution in [0.15, 0.2) is 35.5 Å². The van der Waals surface area contributed by atoms with Crippen LogP contribution in [-0.4, -0.2) is 34.7 Å². The van der Waals surface area contributed by atoms with Crippen LogP contribution in [0.25, 0.3) is 0 Å². The molecule has 1 N–H and O–H groups in total. The molecule has 6 heteroatoms. The Bertz CT molecular complexity index is 937. The van der Waals surface area contributed by atoms with Crippen LogP contribution in [-0.2, 0) is 6.54 Å². The number of likely N-dealkylation sites (tertiary alicyclic amines) is 1. The van der Waals surface area contributed by atoms with E-state index in [1.807, 2.05) is 24.3 Å². The Kier molecular flexibility index (Phi) is 3.69. The molecule has 2 aromatic rings. The third-order valence-corrected chi connectivity index (χ3v) is 4.59. The molecule has 1 aromatic heterocycles. The van der Waals surface area contributed by atoms with Gasteiger partial charge in [-0.05, 0) is 42.7 Å². The first-order valence-electron chi connectivity index (χ1n) is 8.26.